The Labute approximate surface area is 95.5 Å². The van der Waals surface area contributed by atoms with E-state index in [1.807, 2.05) is 0 Å². The summed E-state index contributed by atoms with van der Waals surface area (Å²) in [7, 11) is -7.31. The molecule has 0 bridgehead atoms. The molecule has 0 radical (unpaired) electrons. The van der Waals surface area contributed by atoms with Gasteiger partial charge in [0.2, 0.25) is 10.0 Å². The third kappa shape index (κ3) is 5.75. The Hall–Kier alpha value is -0.220. The van der Waals surface area contributed by atoms with Gasteiger partial charge in [0.25, 0.3) is 0 Å². The van der Waals surface area contributed by atoms with Gasteiger partial charge >= 0.3 is 0 Å². The van der Waals surface area contributed by atoms with E-state index >= 15 is 0 Å². The second-order valence-electron chi connectivity index (χ2n) is 3.73. The van der Waals surface area contributed by atoms with Crippen molar-refractivity contribution >= 4 is 19.9 Å². The van der Waals surface area contributed by atoms with Crippen LogP contribution in [0.2, 0.25) is 0 Å². The SMILES string of the molecule is CS(=O)(=O)CS(=O)(=O)NCC1COCCN1. The molecule has 0 aromatic rings. The molecule has 16 heavy (non-hydrogen) atoms. The normalized spacial score (nSPS) is 23.2. The lowest BCUT2D eigenvalue weighted by Gasteiger charge is -2.23. The summed E-state index contributed by atoms with van der Waals surface area (Å²) >= 11 is 0. The smallest absolute Gasteiger partial charge is 0.226 e. The molecule has 1 unspecified atom stereocenters. The number of hydrogen-bond donors (Lipinski definition) is 2. The van der Waals surface area contributed by atoms with E-state index < -0.39 is 24.9 Å². The summed E-state index contributed by atoms with van der Waals surface area (Å²) < 4.78 is 51.7. The molecule has 1 aliphatic heterocycles. The number of rotatable bonds is 5. The van der Waals surface area contributed by atoms with Gasteiger partial charge in [-0.25, -0.2) is 21.6 Å². The molecule has 1 saturated heterocycles. The van der Waals surface area contributed by atoms with Gasteiger partial charge in [-0.05, 0) is 0 Å². The topological polar surface area (TPSA) is 102 Å². The van der Waals surface area contributed by atoms with Gasteiger partial charge in [0, 0.05) is 25.4 Å². The van der Waals surface area contributed by atoms with Crippen molar-refractivity contribution in [2.45, 2.75) is 6.04 Å². The third-order valence-electron chi connectivity index (χ3n) is 1.92. The Morgan fingerprint density at radius 1 is 1.38 bits per heavy atom. The third-order valence-corrected chi connectivity index (χ3v) is 5.48. The Bertz CT molecular complexity index is 410. The van der Waals surface area contributed by atoms with E-state index in [1.165, 1.54) is 0 Å². The monoisotopic (exact) mass is 272 g/mol. The van der Waals surface area contributed by atoms with Gasteiger partial charge in [0.1, 0.15) is 0 Å². The molecule has 7 nitrogen and oxygen atoms in total. The molecule has 0 amide bonds. The van der Waals surface area contributed by atoms with Crippen molar-refractivity contribution in [3.63, 3.8) is 0 Å². The molecular formula is C7H16N2O5S2. The number of hydrogen-bond acceptors (Lipinski definition) is 6. The Morgan fingerprint density at radius 3 is 2.56 bits per heavy atom. The van der Waals surface area contributed by atoms with Gasteiger partial charge in [-0.15, -0.1) is 0 Å². The highest BCUT2D eigenvalue weighted by Gasteiger charge is 2.20. The van der Waals surface area contributed by atoms with Crippen molar-refractivity contribution in [3.05, 3.63) is 0 Å². The van der Waals surface area contributed by atoms with E-state index in [-0.39, 0.29) is 12.6 Å². The van der Waals surface area contributed by atoms with Crippen molar-refractivity contribution in [1.82, 2.24) is 10.0 Å². The standard InChI is InChI=1S/C7H16N2O5S2/c1-15(10,11)6-16(12,13)9-4-7-5-14-3-2-8-7/h7-9H,2-6H2,1H3. The van der Waals surface area contributed by atoms with Crippen LogP contribution in [0.1, 0.15) is 0 Å². The minimum Gasteiger partial charge on any atom is -0.378 e. The molecule has 0 spiro atoms. The first-order valence-corrected chi connectivity index (χ1v) is 8.46. The van der Waals surface area contributed by atoms with Crippen LogP contribution < -0.4 is 10.0 Å². The van der Waals surface area contributed by atoms with Gasteiger partial charge < -0.3 is 10.1 Å². The minimum absolute atomic E-state index is 0.108. The van der Waals surface area contributed by atoms with Crippen molar-refractivity contribution < 1.29 is 21.6 Å². The van der Waals surface area contributed by atoms with Crippen LogP contribution in [0.5, 0.6) is 0 Å². The lowest BCUT2D eigenvalue weighted by atomic mass is 10.3. The zero-order valence-electron chi connectivity index (χ0n) is 8.97. The summed E-state index contributed by atoms with van der Waals surface area (Å²) in [5.74, 6) is 0. The van der Waals surface area contributed by atoms with Crippen LogP contribution in [0.4, 0.5) is 0 Å². The molecule has 2 N–H and O–H groups in total. The number of sulfone groups is 1. The van der Waals surface area contributed by atoms with E-state index in [2.05, 4.69) is 10.0 Å². The first kappa shape index (κ1) is 13.8. The number of ether oxygens (including phenoxy) is 1. The fourth-order valence-corrected chi connectivity index (χ4v) is 4.34. The Morgan fingerprint density at radius 2 is 2.06 bits per heavy atom. The second kappa shape index (κ2) is 5.41. The van der Waals surface area contributed by atoms with E-state index in [1.54, 1.807) is 0 Å². The molecule has 1 atom stereocenters. The second-order valence-corrected chi connectivity index (χ2v) is 8.05. The Kier molecular flexibility index (Phi) is 4.68. The van der Waals surface area contributed by atoms with Gasteiger partial charge in [0.15, 0.2) is 14.9 Å². The lowest BCUT2D eigenvalue weighted by molar-refractivity contribution is 0.0784. The fourth-order valence-electron chi connectivity index (χ4n) is 1.30. The average Bonchev–Trinajstić information content (AvgIpc) is 2.13. The summed E-state index contributed by atoms with van der Waals surface area (Å²) in [5, 5.41) is 2.17. The van der Waals surface area contributed by atoms with E-state index in [4.69, 9.17) is 4.74 Å². The van der Waals surface area contributed by atoms with Crippen LogP contribution in [-0.2, 0) is 24.6 Å². The molecule has 0 aliphatic carbocycles. The van der Waals surface area contributed by atoms with Crippen LogP contribution in [0.3, 0.4) is 0 Å². The zero-order chi connectivity index (χ0) is 12.2. The minimum atomic E-state index is -3.77. The van der Waals surface area contributed by atoms with E-state index in [0.717, 1.165) is 6.26 Å². The predicted molar refractivity (Wildman–Crippen MR) is 59.2 cm³/mol. The molecule has 0 aromatic carbocycles. The molecule has 96 valence electrons. The van der Waals surface area contributed by atoms with Gasteiger partial charge in [-0.2, -0.15) is 0 Å². The van der Waals surface area contributed by atoms with Crippen LogP contribution in [0.15, 0.2) is 0 Å². The largest absolute Gasteiger partial charge is 0.378 e. The van der Waals surface area contributed by atoms with Gasteiger partial charge in [-0.1, -0.05) is 0 Å². The van der Waals surface area contributed by atoms with Gasteiger partial charge in [0.05, 0.1) is 13.2 Å². The highest BCUT2D eigenvalue weighted by molar-refractivity contribution is 8.06. The summed E-state index contributed by atoms with van der Waals surface area (Å²) in [6.45, 7) is 1.82. The molecule has 1 fully saturated rings. The van der Waals surface area contributed by atoms with Gasteiger partial charge in [-0.3, -0.25) is 0 Å². The summed E-state index contributed by atoms with van der Waals surface area (Å²) in [5.41, 5.74) is 0. The maximum Gasteiger partial charge on any atom is 0.226 e. The lowest BCUT2D eigenvalue weighted by Crippen LogP contribution is -2.48. The first-order valence-electron chi connectivity index (χ1n) is 4.75. The quantitative estimate of drug-likeness (QED) is 0.594. The number of morpholine rings is 1. The van der Waals surface area contributed by atoms with Crippen LogP contribution >= 0.6 is 0 Å². The molecule has 0 aromatic heterocycles. The molecule has 1 rings (SSSR count). The highest BCUT2D eigenvalue weighted by atomic mass is 32.3. The van der Waals surface area contributed by atoms with Crippen molar-refractivity contribution in [2.75, 3.05) is 37.6 Å². The molecule has 1 heterocycles. The molecule has 1 aliphatic rings. The maximum atomic E-state index is 11.3. The van der Waals surface area contributed by atoms with Crippen LogP contribution in [-0.4, -0.2) is 60.5 Å². The molecular weight excluding hydrogens is 256 g/mol. The van der Waals surface area contributed by atoms with Crippen molar-refractivity contribution in [1.29, 1.82) is 0 Å². The first-order chi connectivity index (χ1) is 7.29. The van der Waals surface area contributed by atoms with Crippen molar-refractivity contribution in [2.24, 2.45) is 0 Å². The maximum absolute atomic E-state index is 11.3. The van der Waals surface area contributed by atoms with Crippen LogP contribution in [0.25, 0.3) is 0 Å². The Balaban J connectivity index is 2.41. The fraction of sp³-hybridized carbons (Fsp3) is 1.00. The van der Waals surface area contributed by atoms with Crippen LogP contribution in [0, 0.1) is 0 Å². The molecule has 9 heteroatoms. The highest BCUT2D eigenvalue weighted by Crippen LogP contribution is 1.95. The summed E-state index contributed by atoms with van der Waals surface area (Å²) in [4.78, 5) is 0. The summed E-state index contributed by atoms with van der Waals surface area (Å²) in [6, 6.07) is -0.108. The van der Waals surface area contributed by atoms with E-state index in [0.29, 0.717) is 19.8 Å². The molecule has 0 saturated carbocycles. The zero-order valence-corrected chi connectivity index (χ0v) is 10.6. The van der Waals surface area contributed by atoms with E-state index in [9.17, 15) is 16.8 Å². The number of sulfonamides is 1. The predicted octanol–water partition coefficient (Wildman–Crippen LogP) is -2.10. The number of nitrogens with one attached hydrogen (secondary N) is 2. The summed E-state index contributed by atoms with van der Waals surface area (Å²) in [6.07, 6.45) is 0.883. The average molecular weight is 272 g/mol. The van der Waals surface area contributed by atoms with Crippen molar-refractivity contribution in [3.8, 4) is 0 Å².